The van der Waals surface area contributed by atoms with Crippen molar-refractivity contribution in [3.8, 4) is 11.8 Å². The van der Waals surface area contributed by atoms with Crippen LogP contribution in [-0.4, -0.2) is 28.5 Å². The molecular formula is C38H37FN4O4. The number of aromatic nitrogens is 1. The van der Waals surface area contributed by atoms with Gasteiger partial charge in [0.15, 0.2) is 11.2 Å². The van der Waals surface area contributed by atoms with Crippen LogP contribution in [0.5, 0.6) is 0 Å². The lowest BCUT2D eigenvalue weighted by molar-refractivity contribution is -0.119. The first-order chi connectivity index (χ1) is 22.6. The molecule has 0 saturated carbocycles. The van der Waals surface area contributed by atoms with Crippen LogP contribution in [0.3, 0.4) is 0 Å². The predicted molar refractivity (Wildman–Crippen MR) is 180 cm³/mol. The molecule has 3 unspecified atom stereocenters. The molecule has 1 aliphatic carbocycles. The molecule has 9 heteroatoms. The van der Waals surface area contributed by atoms with E-state index >= 15 is 0 Å². The Balaban J connectivity index is 0.00000213. The van der Waals surface area contributed by atoms with Crippen LogP contribution in [0.25, 0.3) is 0 Å². The second-order valence-corrected chi connectivity index (χ2v) is 11.5. The number of rotatable bonds is 9. The van der Waals surface area contributed by atoms with Crippen molar-refractivity contribution < 1.29 is 23.6 Å². The number of carbonyl (C=O) groups is 4. The fourth-order valence-electron chi connectivity index (χ4n) is 6.01. The Morgan fingerprint density at radius 1 is 0.957 bits per heavy atom. The van der Waals surface area contributed by atoms with Gasteiger partial charge in [-0.15, -0.1) is 0 Å². The zero-order valence-electron chi connectivity index (χ0n) is 27.0. The zero-order valence-corrected chi connectivity index (χ0v) is 27.0. The minimum Gasteiger partial charge on any atom is -0.359 e. The summed E-state index contributed by atoms with van der Waals surface area (Å²) in [5, 5.41) is 8.78. The van der Waals surface area contributed by atoms with Crippen molar-refractivity contribution in [1.82, 2.24) is 10.3 Å². The van der Waals surface area contributed by atoms with Crippen molar-refractivity contribution in [2.75, 3.05) is 10.6 Å². The van der Waals surface area contributed by atoms with E-state index in [1.54, 1.807) is 54.6 Å². The first-order valence-corrected chi connectivity index (χ1v) is 15.7. The predicted octanol–water partition coefficient (Wildman–Crippen LogP) is 6.88. The number of halogens is 1. The van der Waals surface area contributed by atoms with Crippen LogP contribution in [0.1, 0.15) is 94.4 Å². The van der Waals surface area contributed by atoms with E-state index in [2.05, 4.69) is 32.8 Å². The molecule has 2 aliphatic rings. The number of aromatic amines is 1. The number of benzene rings is 3. The van der Waals surface area contributed by atoms with E-state index in [0.717, 1.165) is 11.1 Å². The third-order valence-corrected chi connectivity index (χ3v) is 8.58. The van der Waals surface area contributed by atoms with Crippen LogP contribution < -0.4 is 16.0 Å². The summed E-state index contributed by atoms with van der Waals surface area (Å²) in [6, 6.07) is 19.5. The standard InChI is InChI=1S/C36H31FN4O4.C2H6/c1-20-32(41-31(43)16-15-30(42)24-7-5-4-6-8-24)22(3)38-33(20)27-17-18-36(27)28-19-25(11-14-29(28)40-35(36)45)34(44)39-21(2)23-9-12-26(37)13-10-23;1-2/h4-14,19,21,27,38H,15-16H2,1-3H3,(H,39,44)(H,40,45)(H,41,43);1-2H3. The molecule has 4 aromatic rings. The smallest absolute Gasteiger partial charge is 0.251 e. The Labute approximate surface area is 273 Å². The highest BCUT2D eigenvalue weighted by molar-refractivity contribution is 6.12. The van der Waals surface area contributed by atoms with Gasteiger partial charge in [0, 0.05) is 46.6 Å². The van der Waals surface area contributed by atoms with E-state index in [0.29, 0.717) is 39.5 Å². The minimum atomic E-state index is -1.21. The molecule has 3 amide bonds. The summed E-state index contributed by atoms with van der Waals surface area (Å²) in [6.07, 6.45) is 0.110. The number of anilines is 2. The lowest BCUT2D eigenvalue weighted by atomic mass is 9.64. The second kappa shape index (κ2) is 13.5. The third kappa shape index (κ3) is 6.19. The number of ketones is 1. The fraction of sp³-hybridized carbons (Fsp3) is 0.263. The van der Waals surface area contributed by atoms with E-state index in [1.807, 2.05) is 40.7 Å². The first-order valence-electron chi connectivity index (χ1n) is 15.7. The van der Waals surface area contributed by atoms with Gasteiger partial charge < -0.3 is 20.9 Å². The molecule has 0 radical (unpaired) electrons. The Hall–Kier alpha value is -5.49. The molecular weight excluding hydrogens is 595 g/mol. The molecule has 8 nitrogen and oxygen atoms in total. The summed E-state index contributed by atoms with van der Waals surface area (Å²) < 4.78 is 13.4. The van der Waals surface area contributed by atoms with Gasteiger partial charge in [-0.05, 0) is 62.2 Å². The van der Waals surface area contributed by atoms with Crippen LogP contribution in [-0.2, 0) is 15.0 Å². The van der Waals surface area contributed by atoms with E-state index < -0.39 is 11.3 Å². The topological polar surface area (TPSA) is 120 Å². The SMILES string of the molecule is CC.Cc1[nH]c(C2C#CC23C(=O)Nc2ccc(C(=O)NC(C)c4ccc(F)cc4)cc23)c(C)c1NC(=O)CCC(=O)c1ccccc1. The first kappa shape index (κ1) is 32.9. The average Bonchev–Trinajstić information content (AvgIpc) is 3.52. The van der Waals surface area contributed by atoms with Crippen molar-refractivity contribution in [2.24, 2.45) is 0 Å². The van der Waals surface area contributed by atoms with Crippen molar-refractivity contribution in [2.45, 2.75) is 64.8 Å². The number of hydrogen-bond acceptors (Lipinski definition) is 4. The van der Waals surface area contributed by atoms with Gasteiger partial charge >= 0.3 is 0 Å². The average molecular weight is 633 g/mol. The van der Waals surface area contributed by atoms with Gasteiger partial charge in [0.25, 0.3) is 5.91 Å². The van der Waals surface area contributed by atoms with E-state index in [9.17, 15) is 23.6 Å². The Bertz CT molecular complexity index is 1920. The highest BCUT2D eigenvalue weighted by atomic mass is 19.1. The van der Waals surface area contributed by atoms with Gasteiger partial charge in [-0.2, -0.15) is 0 Å². The molecule has 1 aromatic heterocycles. The number of aryl methyl sites for hydroxylation is 1. The monoisotopic (exact) mass is 632 g/mol. The number of H-pyrrole nitrogens is 1. The van der Waals surface area contributed by atoms with Gasteiger partial charge in [-0.25, -0.2) is 4.39 Å². The van der Waals surface area contributed by atoms with Gasteiger partial charge in [-0.3, -0.25) is 19.2 Å². The molecule has 0 fully saturated rings. The Morgan fingerprint density at radius 2 is 1.66 bits per heavy atom. The van der Waals surface area contributed by atoms with Crippen molar-refractivity contribution >= 4 is 34.9 Å². The number of fused-ring (bicyclic) bond motifs is 2. The molecule has 47 heavy (non-hydrogen) atoms. The van der Waals surface area contributed by atoms with Gasteiger partial charge in [-0.1, -0.05) is 68.2 Å². The van der Waals surface area contributed by atoms with Crippen molar-refractivity contribution in [3.05, 3.63) is 118 Å². The van der Waals surface area contributed by atoms with E-state index in [4.69, 9.17) is 0 Å². The lowest BCUT2D eigenvalue weighted by Gasteiger charge is -2.34. The van der Waals surface area contributed by atoms with Gasteiger partial charge in [0.1, 0.15) is 5.82 Å². The summed E-state index contributed by atoms with van der Waals surface area (Å²) in [5.41, 5.74) is 4.41. The Kier molecular flexibility index (Phi) is 9.43. The molecule has 3 atom stereocenters. The highest BCUT2D eigenvalue weighted by Crippen LogP contribution is 2.52. The number of amides is 3. The molecule has 1 aliphatic heterocycles. The molecule has 240 valence electrons. The molecule has 0 bridgehead atoms. The van der Waals surface area contributed by atoms with Gasteiger partial charge in [0.2, 0.25) is 11.8 Å². The molecule has 4 N–H and O–H groups in total. The quantitative estimate of drug-likeness (QED) is 0.119. The Morgan fingerprint density at radius 3 is 2.32 bits per heavy atom. The van der Waals surface area contributed by atoms with Crippen LogP contribution in [0.4, 0.5) is 15.8 Å². The number of nitrogens with one attached hydrogen (secondary N) is 4. The number of Topliss-reactive ketones (excluding diaryl/α,β-unsaturated/α-hetero) is 1. The molecule has 3 aromatic carbocycles. The summed E-state index contributed by atoms with van der Waals surface area (Å²) in [5.74, 6) is 4.30. The fourth-order valence-corrected chi connectivity index (χ4v) is 6.01. The third-order valence-electron chi connectivity index (χ3n) is 8.58. The number of carbonyl (C=O) groups excluding carboxylic acids is 4. The molecule has 1 spiro atoms. The number of hydrogen-bond donors (Lipinski definition) is 4. The maximum absolute atomic E-state index is 13.5. The van der Waals surface area contributed by atoms with Crippen LogP contribution in [0.15, 0.2) is 72.8 Å². The zero-order chi connectivity index (χ0) is 33.9. The minimum absolute atomic E-state index is 0.0285. The van der Waals surface area contributed by atoms with E-state index in [-0.39, 0.29) is 48.2 Å². The van der Waals surface area contributed by atoms with Crippen LogP contribution in [0, 0.1) is 31.5 Å². The molecule has 2 heterocycles. The van der Waals surface area contributed by atoms with Crippen molar-refractivity contribution in [1.29, 1.82) is 0 Å². The summed E-state index contributed by atoms with van der Waals surface area (Å²) >= 11 is 0. The van der Waals surface area contributed by atoms with E-state index in [1.165, 1.54) is 12.1 Å². The van der Waals surface area contributed by atoms with Crippen LogP contribution >= 0.6 is 0 Å². The second-order valence-electron chi connectivity index (χ2n) is 11.5. The van der Waals surface area contributed by atoms with Crippen molar-refractivity contribution in [3.63, 3.8) is 0 Å². The maximum Gasteiger partial charge on any atom is 0.251 e. The normalized spacial score (nSPS) is 17.6. The summed E-state index contributed by atoms with van der Waals surface area (Å²) in [7, 11) is 0. The molecule has 6 rings (SSSR count). The lowest BCUT2D eigenvalue weighted by Crippen LogP contribution is -2.44. The van der Waals surface area contributed by atoms with Crippen LogP contribution in [0.2, 0.25) is 0 Å². The summed E-state index contributed by atoms with van der Waals surface area (Å²) in [6.45, 7) is 9.49. The molecule has 0 saturated heterocycles. The summed E-state index contributed by atoms with van der Waals surface area (Å²) in [4.78, 5) is 55.3. The van der Waals surface area contributed by atoms with Gasteiger partial charge in [0.05, 0.1) is 17.6 Å². The highest BCUT2D eigenvalue weighted by Gasteiger charge is 2.56. The largest absolute Gasteiger partial charge is 0.359 e. The maximum atomic E-state index is 13.5.